The Morgan fingerprint density at radius 3 is 2.79 bits per heavy atom. The van der Waals surface area contributed by atoms with E-state index in [9.17, 15) is 0 Å². The van der Waals surface area contributed by atoms with Crippen molar-refractivity contribution in [3.8, 4) is 0 Å². The molecule has 1 unspecified atom stereocenters. The predicted molar refractivity (Wildman–Crippen MR) is 78.4 cm³/mol. The minimum absolute atomic E-state index is 0.302. The summed E-state index contributed by atoms with van der Waals surface area (Å²) in [6, 6.07) is 0.504. The van der Waals surface area contributed by atoms with Gasteiger partial charge < -0.3 is 10.2 Å². The molecule has 108 valence electrons. The summed E-state index contributed by atoms with van der Waals surface area (Å²) < 4.78 is 0. The van der Waals surface area contributed by atoms with Gasteiger partial charge >= 0.3 is 0 Å². The maximum atomic E-state index is 4.65. The molecule has 2 N–H and O–H groups in total. The first-order valence-corrected chi connectivity index (χ1v) is 7.26. The van der Waals surface area contributed by atoms with Crippen LogP contribution >= 0.6 is 0 Å². The molecule has 5 nitrogen and oxygen atoms in total. The second-order valence-corrected chi connectivity index (χ2v) is 6.85. The van der Waals surface area contributed by atoms with Gasteiger partial charge in [-0.1, -0.05) is 27.7 Å². The molecule has 0 aromatic carbocycles. The number of aromatic amines is 1. The van der Waals surface area contributed by atoms with Crippen LogP contribution in [0, 0.1) is 11.3 Å². The van der Waals surface area contributed by atoms with Gasteiger partial charge in [0, 0.05) is 32.1 Å². The Bertz CT molecular complexity index is 406. The van der Waals surface area contributed by atoms with E-state index in [2.05, 4.69) is 60.0 Å². The highest BCUT2D eigenvalue weighted by Gasteiger charge is 2.23. The molecule has 2 rings (SSSR count). The number of nitrogens with one attached hydrogen (secondary N) is 2. The van der Waals surface area contributed by atoms with Crippen molar-refractivity contribution in [3.63, 3.8) is 0 Å². The fraction of sp³-hybridized carbons (Fsp3) is 0.857. The summed E-state index contributed by atoms with van der Waals surface area (Å²) in [7, 11) is 0. The van der Waals surface area contributed by atoms with Crippen LogP contribution in [0.5, 0.6) is 0 Å². The molecular formula is C14H27N5. The quantitative estimate of drug-likeness (QED) is 0.875. The summed E-state index contributed by atoms with van der Waals surface area (Å²) in [6.45, 7) is 14.2. The Morgan fingerprint density at radius 1 is 1.42 bits per heavy atom. The number of aromatic nitrogens is 3. The number of piperazine rings is 1. The van der Waals surface area contributed by atoms with E-state index in [1.54, 1.807) is 0 Å². The third kappa shape index (κ3) is 3.69. The molecule has 2 heterocycles. The van der Waals surface area contributed by atoms with Gasteiger partial charge in [-0.05, 0) is 18.3 Å². The standard InChI is InChI=1S/C14H27N5/c1-10(14(3,4)5)8-12-16-13(18-17-12)19-7-6-15-11(2)9-19/h10-11,15H,6-9H2,1-5H3,(H,16,17,18)/t10?,11-/m1/s1. The molecule has 0 bridgehead atoms. The first-order chi connectivity index (χ1) is 8.86. The summed E-state index contributed by atoms with van der Waals surface area (Å²) in [6.07, 6.45) is 0.956. The average Bonchev–Trinajstić information content (AvgIpc) is 2.76. The van der Waals surface area contributed by atoms with Gasteiger partial charge in [0.05, 0.1) is 0 Å². The Morgan fingerprint density at radius 2 is 2.16 bits per heavy atom. The fourth-order valence-electron chi connectivity index (χ4n) is 2.23. The maximum Gasteiger partial charge on any atom is 0.244 e. The van der Waals surface area contributed by atoms with E-state index in [0.29, 0.717) is 17.4 Å². The molecule has 1 saturated heterocycles. The van der Waals surface area contributed by atoms with Crippen molar-refractivity contribution < 1.29 is 0 Å². The zero-order valence-corrected chi connectivity index (χ0v) is 12.8. The van der Waals surface area contributed by atoms with Crippen LogP contribution in [-0.2, 0) is 6.42 Å². The summed E-state index contributed by atoms with van der Waals surface area (Å²) in [5, 5.41) is 10.9. The van der Waals surface area contributed by atoms with Crippen molar-refractivity contribution in [2.75, 3.05) is 24.5 Å². The number of hydrogen-bond donors (Lipinski definition) is 2. The second-order valence-electron chi connectivity index (χ2n) is 6.85. The molecule has 1 aliphatic heterocycles. The number of H-pyrrole nitrogens is 1. The molecule has 19 heavy (non-hydrogen) atoms. The SMILES string of the molecule is CC(Cc1nc(N2CCN[C@H](C)C2)n[nH]1)C(C)(C)C. The average molecular weight is 265 g/mol. The lowest BCUT2D eigenvalue weighted by Crippen LogP contribution is -2.49. The van der Waals surface area contributed by atoms with Crippen molar-refractivity contribution >= 4 is 5.95 Å². The minimum atomic E-state index is 0.302. The van der Waals surface area contributed by atoms with E-state index in [1.807, 2.05) is 0 Å². The molecule has 1 aromatic heterocycles. The number of rotatable bonds is 3. The van der Waals surface area contributed by atoms with Crippen LogP contribution in [0.25, 0.3) is 0 Å². The Hall–Kier alpha value is -1.10. The van der Waals surface area contributed by atoms with Crippen LogP contribution < -0.4 is 10.2 Å². The Balaban J connectivity index is 1.99. The van der Waals surface area contributed by atoms with Gasteiger partial charge in [0.2, 0.25) is 5.95 Å². The van der Waals surface area contributed by atoms with Crippen LogP contribution in [0.1, 0.15) is 40.4 Å². The molecular weight excluding hydrogens is 238 g/mol. The molecule has 0 amide bonds. The van der Waals surface area contributed by atoms with Gasteiger partial charge in [-0.25, -0.2) is 0 Å². The number of anilines is 1. The summed E-state index contributed by atoms with van der Waals surface area (Å²) in [5.74, 6) is 2.43. The smallest absolute Gasteiger partial charge is 0.244 e. The van der Waals surface area contributed by atoms with Gasteiger partial charge in [0.15, 0.2) is 0 Å². The fourth-order valence-corrected chi connectivity index (χ4v) is 2.23. The van der Waals surface area contributed by atoms with Crippen molar-refractivity contribution in [3.05, 3.63) is 5.82 Å². The van der Waals surface area contributed by atoms with E-state index < -0.39 is 0 Å². The normalized spacial score (nSPS) is 22.6. The van der Waals surface area contributed by atoms with Crippen LogP contribution in [0.2, 0.25) is 0 Å². The molecule has 0 saturated carbocycles. The van der Waals surface area contributed by atoms with Crippen LogP contribution in [0.15, 0.2) is 0 Å². The lowest BCUT2D eigenvalue weighted by atomic mass is 9.80. The van der Waals surface area contributed by atoms with Gasteiger partial charge in [-0.15, -0.1) is 5.10 Å². The van der Waals surface area contributed by atoms with E-state index in [0.717, 1.165) is 37.8 Å². The largest absolute Gasteiger partial charge is 0.337 e. The molecule has 1 fully saturated rings. The second kappa shape index (κ2) is 5.49. The van der Waals surface area contributed by atoms with Gasteiger partial charge in [-0.2, -0.15) is 4.98 Å². The Labute approximate surface area is 116 Å². The van der Waals surface area contributed by atoms with E-state index in [4.69, 9.17) is 0 Å². The van der Waals surface area contributed by atoms with Gasteiger partial charge in [0.1, 0.15) is 5.82 Å². The zero-order chi connectivity index (χ0) is 14.0. The topological polar surface area (TPSA) is 56.8 Å². The molecule has 1 aromatic rings. The first-order valence-electron chi connectivity index (χ1n) is 7.26. The van der Waals surface area contributed by atoms with Crippen LogP contribution in [0.3, 0.4) is 0 Å². The maximum absolute atomic E-state index is 4.65. The molecule has 0 aliphatic carbocycles. The predicted octanol–water partition coefficient (Wildman–Crippen LogP) is 1.83. The third-order valence-corrected chi connectivity index (χ3v) is 4.15. The van der Waals surface area contributed by atoms with Crippen molar-refractivity contribution in [1.29, 1.82) is 0 Å². The lowest BCUT2D eigenvalue weighted by molar-refractivity contribution is 0.257. The molecule has 5 heteroatoms. The van der Waals surface area contributed by atoms with Gasteiger partial charge in [-0.3, -0.25) is 5.10 Å². The number of nitrogens with zero attached hydrogens (tertiary/aromatic N) is 3. The molecule has 2 atom stereocenters. The van der Waals surface area contributed by atoms with Crippen LogP contribution in [-0.4, -0.2) is 40.9 Å². The minimum Gasteiger partial charge on any atom is -0.337 e. The van der Waals surface area contributed by atoms with Crippen molar-refractivity contribution in [2.45, 2.75) is 47.1 Å². The highest BCUT2D eigenvalue weighted by molar-refractivity contribution is 5.30. The molecule has 0 spiro atoms. The third-order valence-electron chi connectivity index (χ3n) is 4.15. The van der Waals surface area contributed by atoms with Gasteiger partial charge in [0.25, 0.3) is 0 Å². The summed E-state index contributed by atoms with van der Waals surface area (Å²) in [4.78, 5) is 6.91. The monoisotopic (exact) mass is 265 g/mol. The molecule has 1 aliphatic rings. The van der Waals surface area contributed by atoms with E-state index in [1.165, 1.54) is 0 Å². The zero-order valence-electron chi connectivity index (χ0n) is 12.8. The lowest BCUT2D eigenvalue weighted by Gasteiger charge is -2.30. The highest BCUT2D eigenvalue weighted by atomic mass is 15.4. The van der Waals surface area contributed by atoms with Crippen molar-refractivity contribution in [1.82, 2.24) is 20.5 Å². The molecule has 0 radical (unpaired) electrons. The van der Waals surface area contributed by atoms with E-state index >= 15 is 0 Å². The first kappa shape index (κ1) is 14.3. The highest BCUT2D eigenvalue weighted by Crippen LogP contribution is 2.27. The van der Waals surface area contributed by atoms with E-state index in [-0.39, 0.29) is 0 Å². The van der Waals surface area contributed by atoms with Crippen molar-refractivity contribution in [2.24, 2.45) is 11.3 Å². The summed E-state index contributed by atoms with van der Waals surface area (Å²) >= 11 is 0. The van der Waals surface area contributed by atoms with Crippen LogP contribution in [0.4, 0.5) is 5.95 Å². The Kier molecular flexibility index (Phi) is 4.13. The number of hydrogen-bond acceptors (Lipinski definition) is 4. The summed E-state index contributed by atoms with van der Waals surface area (Å²) in [5.41, 5.74) is 0.302.